The summed E-state index contributed by atoms with van der Waals surface area (Å²) < 4.78 is 5.68. The van der Waals surface area contributed by atoms with Gasteiger partial charge in [0.2, 0.25) is 0 Å². The molecule has 0 spiro atoms. The molecule has 19 heavy (non-hydrogen) atoms. The Balaban J connectivity index is 1.79. The first-order chi connectivity index (χ1) is 9.26. The second-order valence-corrected chi connectivity index (χ2v) is 5.83. The highest BCUT2D eigenvalue weighted by atomic mass is 16.5. The van der Waals surface area contributed by atoms with Gasteiger partial charge in [0.1, 0.15) is 5.82 Å². The third kappa shape index (κ3) is 2.79. The van der Waals surface area contributed by atoms with Gasteiger partial charge in [-0.25, -0.2) is 9.97 Å². The molecule has 1 aromatic rings. The van der Waals surface area contributed by atoms with Crippen molar-refractivity contribution in [1.82, 2.24) is 9.97 Å². The molecule has 1 aliphatic carbocycles. The van der Waals surface area contributed by atoms with Crippen LogP contribution in [0.25, 0.3) is 0 Å². The van der Waals surface area contributed by atoms with Gasteiger partial charge < -0.3 is 10.5 Å². The van der Waals surface area contributed by atoms with E-state index >= 15 is 0 Å². The Morgan fingerprint density at radius 1 is 1.32 bits per heavy atom. The summed E-state index contributed by atoms with van der Waals surface area (Å²) in [5, 5.41) is 0. The molecule has 1 aliphatic heterocycles. The lowest BCUT2D eigenvalue weighted by Crippen LogP contribution is -2.25. The zero-order chi connectivity index (χ0) is 13.2. The van der Waals surface area contributed by atoms with Crippen molar-refractivity contribution < 1.29 is 4.74 Å². The molecule has 2 atom stereocenters. The van der Waals surface area contributed by atoms with Crippen LogP contribution in [0.3, 0.4) is 0 Å². The maximum atomic E-state index is 5.79. The molecule has 0 amide bonds. The van der Waals surface area contributed by atoms with E-state index in [0.29, 0.717) is 12.0 Å². The molecular formula is C15H23N3O. The lowest BCUT2D eigenvalue weighted by Gasteiger charge is -2.24. The van der Waals surface area contributed by atoms with Crippen LogP contribution < -0.4 is 5.73 Å². The summed E-state index contributed by atoms with van der Waals surface area (Å²) >= 11 is 0. The van der Waals surface area contributed by atoms with Crippen molar-refractivity contribution in [2.75, 3.05) is 13.2 Å². The zero-order valence-corrected chi connectivity index (χ0v) is 11.7. The van der Waals surface area contributed by atoms with E-state index in [1.54, 1.807) is 0 Å². The van der Waals surface area contributed by atoms with E-state index in [2.05, 4.69) is 11.9 Å². The predicted octanol–water partition coefficient (Wildman–Crippen LogP) is 1.57. The van der Waals surface area contributed by atoms with Crippen molar-refractivity contribution in [1.29, 1.82) is 0 Å². The first-order valence-corrected chi connectivity index (χ1v) is 7.43. The van der Waals surface area contributed by atoms with Crippen LogP contribution >= 0.6 is 0 Å². The number of fused-ring (bicyclic) bond motifs is 1. The Morgan fingerprint density at radius 3 is 2.95 bits per heavy atom. The molecule has 0 aromatic carbocycles. The summed E-state index contributed by atoms with van der Waals surface area (Å²) in [4.78, 5) is 9.46. The molecule has 2 unspecified atom stereocenters. The molecule has 2 heterocycles. The van der Waals surface area contributed by atoms with Gasteiger partial charge in [-0.15, -0.1) is 0 Å². The van der Waals surface area contributed by atoms with Gasteiger partial charge in [0.05, 0.1) is 6.10 Å². The highest BCUT2D eigenvalue weighted by Crippen LogP contribution is 2.26. The van der Waals surface area contributed by atoms with Crippen molar-refractivity contribution in [2.24, 2.45) is 11.7 Å². The van der Waals surface area contributed by atoms with E-state index in [1.165, 1.54) is 24.1 Å². The van der Waals surface area contributed by atoms with E-state index in [0.717, 1.165) is 50.4 Å². The monoisotopic (exact) mass is 261 g/mol. The molecule has 1 saturated heterocycles. The number of nitrogens with two attached hydrogens (primary N) is 1. The van der Waals surface area contributed by atoms with Crippen LogP contribution in [0.5, 0.6) is 0 Å². The second kappa shape index (κ2) is 5.55. The maximum absolute atomic E-state index is 5.79. The summed E-state index contributed by atoms with van der Waals surface area (Å²) in [7, 11) is 0. The van der Waals surface area contributed by atoms with Crippen LogP contribution in [0.2, 0.25) is 0 Å². The van der Waals surface area contributed by atoms with E-state index < -0.39 is 0 Å². The largest absolute Gasteiger partial charge is 0.378 e. The van der Waals surface area contributed by atoms with Crippen molar-refractivity contribution in [3.63, 3.8) is 0 Å². The molecule has 0 radical (unpaired) electrons. The Kier molecular flexibility index (Phi) is 3.80. The van der Waals surface area contributed by atoms with Crippen LogP contribution in [-0.2, 0) is 24.0 Å². The van der Waals surface area contributed by atoms with Gasteiger partial charge >= 0.3 is 0 Å². The average molecular weight is 261 g/mol. The molecular weight excluding hydrogens is 238 g/mol. The van der Waals surface area contributed by atoms with Crippen LogP contribution in [0.15, 0.2) is 0 Å². The van der Waals surface area contributed by atoms with Crippen molar-refractivity contribution in [3.8, 4) is 0 Å². The van der Waals surface area contributed by atoms with E-state index in [1.807, 2.05) is 0 Å². The fourth-order valence-corrected chi connectivity index (χ4v) is 3.22. The molecule has 3 rings (SSSR count). The number of hydrogen-bond donors (Lipinski definition) is 1. The van der Waals surface area contributed by atoms with Crippen molar-refractivity contribution in [3.05, 3.63) is 22.8 Å². The van der Waals surface area contributed by atoms with Crippen LogP contribution in [0.4, 0.5) is 0 Å². The highest BCUT2D eigenvalue weighted by molar-refractivity contribution is 5.28. The molecule has 2 aliphatic rings. The Bertz CT molecular complexity index is 455. The molecule has 0 bridgehead atoms. The molecule has 2 N–H and O–H groups in total. The summed E-state index contributed by atoms with van der Waals surface area (Å²) in [6.45, 7) is 3.78. The minimum absolute atomic E-state index is 0.331. The van der Waals surface area contributed by atoms with Gasteiger partial charge in [0, 0.05) is 24.4 Å². The molecule has 104 valence electrons. The van der Waals surface area contributed by atoms with E-state index in [9.17, 15) is 0 Å². The van der Waals surface area contributed by atoms with Gasteiger partial charge in [0.15, 0.2) is 0 Å². The van der Waals surface area contributed by atoms with Crippen LogP contribution in [-0.4, -0.2) is 29.2 Å². The first-order valence-electron chi connectivity index (χ1n) is 7.43. The SMILES string of the molecule is Cc1nc(CC2CCCO2)nc2c1CC(CN)CC2. The lowest BCUT2D eigenvalue weighted by atomic mass is 9.86. The number of aromatic nitrogens is 2. The summed E-state index contributed by atoms with van der Waals surface area (Å²) in [6, 6.07) is 0. The smallest absolute Gasteiger partial charge is 0.131 e. The summed E-state index contributed by atoms with van der Waals surface area (Å²) in [6.07, 6.45) is 6.80. The fraction of sp³-hybridized carbons (Fsp3) is 0.733. The number of ether oxygens (including phenoxy) is 1. The third-order valence-electron chi connectivity index (χ3n) is 4.40. The highest BCUT2D eigenvalue weighted by Gasteiger charge is 2.23. The Hall–Kier alpha value is -1.00. The average Bonchev–Trinajstić information content (AvgIpc) is 2.91. The van der Waals surface area contributed by atoms with E-state index in [4.69, 9.17) is 15.5 Å². The topological polar surface area (TPSA) is 61.0 Å². The molecule has 0 saturated carbocycles. The van der Waals surface area contributed by atoms with Crippen molar-refractivity contribution >= 4 is 0 Å². The third-order valence-corrected chi connectivity index (χ3v) is 4.40. The Morgan fingerprint density at radius 2 is 2.21 bits per heavy atom. The predicted molar refractivity (Wildman–Crippen MR) is 74.0 cm³/mol. The van der Waals surface area contributed by atoms with Crippen molar-refractivity contribution in [2.45, 2.75) is 51.6 Å². The number of hydrogen-bond acceptors (Lipinski definition) is 4. The minimum atomic E-state index is 0.331. The maximum Gasteiger partial charge on any atom is 0.131 e. The minimum Gasteiger partial charge on any atom is -0.378 e. The number of nitrogens with zero attached hydrogens (tertiary/aromatic N) is 2. The summed E-state index contributed by atoms with van der Waals surface area (Å²) in [5.74, 6) is 1.58. The number of rotatable bonds is 3. The standard InChI is InChI=1S/C15H23N3O/c1-10-13-7-11(9-16)4-5-14(13)18-15(17-10)8-12-3-2-6-19-12/h11-12H,2-9,16H2,1H3. The Labute approximate surface area is 114 Å². The quantitative estimate of drug-likeness (QED) is 0.897. The van der Waals surface area contributed by atoms with Gasteiger partial charge in [-0.05, 0) is 57.1 Å². The number of aryl methyl sites for hydroxylation is 2. The van der Waals surface area contributed by atoms with Gasteiger partial charge in [-0.1, -0.05) is 0 Å². The van der Waals surface area contributed by atoms with Crippen LogP contribution in [0.1, 0.15) is 42.0 Å². The van der Waals surface area contributed by atoms with Gasteiger partial charge in [-0.3, -0.25) is 0 Å². The zero-order valence-electron chi connectivity index (χ0n) is 11.7. The first kappa shape index (κ1) is 13.0. The van der Waals surface area contributed by atoms with Gasteiger partial charge in [0.25, 0.3) is 0 Å². The lowest BCUT2D eigenvalue weighted by molar-refractivity contribution is 0.109. The van der Waals surface area contributed by atoms with Gasteiger partial charge in [-0.2, -0.15) is 0 Å². The fourth-order valence-electron chi connectivity index (χ4n) is 3.22. The molecule has 1 aromatic heterocycles. The van der Waals surface area contributed by atoms with E-state index in [-0.39, 0.29) is 0 Å². The normalized spacial score (nSPS) is 26.4. The second-order valence-electron chi connectivity index (χ2n) is 5.83. The summed E-state index contributed by atoms with van der Waals surface area (Å²) in [5.41, 5.74) is 9.54. The molecule has 4 nitrogen and oxygen atoms in total. The molecule has 1 fully saturated rings. The van der Waals surface area contributed by atoms with Crippen LogP contribution in [0, 0.1) is 12.8 Å². The molecule has 4 heteroatoms.